The van der Waals surface area contributed by atoms with E-state index in [4.69, 9.17) is 22.4 Å². The van der Waals surface area contributed by atoms with E-state index >= 15 is 0 Å². The molecule has 104 valence electrons. The van der Waals surface area contributed by atoms with E-state index in [1.807, 2.05) is 12.1 Å². The number of aliphatic hydroxyl groups excluding tert-OH is 1. The summed E-state index contributed by atoms with van der Waals surface area (Å²) < 4.78 is 0. The lowest BCUT2D eigenvalue weighted by molar-refractivity contribution is -0.119. The number of carbonyl (C=O) groups is 1. The van der Waals surface area contributed by atoms with Crippen molar-refractivity contribution in [3.63, 3.8) is 0 Å². The molecule has 1 aromatic rings. The van der Waals surface area contributed by atoms with Gasteiger partial charge in [0.25, 0.3) is 0 Å². The second-order valence-electron chi connectivity index (χ2n) is 5.04. The number of halogens is 1. The summed E-state index contributed by atoms with van der Waals surface area (Å²) in [7, 11) is 0. The third-order valence-electron chi connectivity index (χ3n) is 3.64. The second kappa shape index (κ2) is 6.26. The van der Waals surface area contributed by atoms with Crippen LogP contribution in [0.2, 0.25) is 5.02 Å². The van der Waals surface area contributed by atoms with E-state index in [2.05, 4.69) is 4.90 Å². The zero-order valence-electron chi connectivity index (χ0n) is 10.8. The minimum absolute atomic E-state index is 0.000680. The number of carbonyl (C=O) groups excluding carboxylic acids is 1. The summed E-state index contributed by atoms with van der Waals surface area (Å²) in [4.78, 5) is 13.1. The van der Waals surface area contributed by atoms with E-state index in [0.29, 0.717) is 17.4 Å². The van der Waals surface area contributed by atoms with Crippen molar-refractivity contribution in [3.05, 3.63) is 28.8 Å². The van der Waals surface area contributed by atoms with Crippen LogP contribution in [-0.2, 0) is 11.4 Å². The summed E-state index contributed by atoms with van der Waals surface area (Å²) in [6, 6.07) is 5.63. The normalized spacial score (nSPS) is 16.6. The molecule has 0 aliphatic carbocycles. The van der Waals surface area contributed by atoms with Crippen LogP contribution >= 0.6 is 11.6 Å². The molecule has 1 heterocycles. The van der Waals surface area contributed by atoms with Crippen LogP contribution in [0.15, 0.2) is 18.2 Å². The minimum Gasteiger partial charge on any atom is -0.392 e. The van der Waals surface area contributed by atoms with Gasteiger partial charge < -0.3 is 15.7 Å². The van der Waals surface area contributed by atoms with E-state index in [-0.39, 0.29) is 12.5 Å². The lowest BCUT2D eigenvalue weighted by atomic mass is 9.93. The van der Waals surface area contributed by atoms with Crippen LogP contribution in [0.5, 0.6) is 0 Å². The second-order valence-corrected chi connectivity index (χ2v) is 5.45. The van der Waals surface area contributed by atoms with Crippen molar-refractivity contribution >= 4 is 23.2 Å². The number of anilines is 1. The highest BCUT2D eigenvalue weighted by atomic mass is 35.5. The molecule has 1 fully saturated rings. The topological polar surface area (TPSA) is 66.6 Å². The molecular weight excluding hydrogens is 264 g/mol. The van der Waals surface area contributed by atoms with Crippen molar-refractivity contribution in [1.82, 2.24) is 0 Å². The van der Waals surface area contributed by atoms with Crippen molar-refractivity contribution < 1.29 is 9.90 Å². The van der Waals surface area contributed by atoms with Gasteiger partial charge in [-0.3, -0.25) is 4.79 Å². The molecule has 1 aliphatic rings. The largest absolute Gasteiger partial charge is 0.392 e. The fourth-order valence-electron chi connectivity index (χ4n) is 2.57. The molecule has 1 aliphatic heterocycles. The van der Waals surface area contributed by atoms with Crippen LogP contribution in [0.3, 0.4) is 0 Å². The molecule has 3 N–H and O–H groups in total. The van der Waals surface area contributed by atoms with Gasteiger partial charge in [0.2, 0.25) is 5.91 Å². The number of hydrogen-bond donors (Lipinski definition) is 2. The smallest absolute Gasteiger partial charge is 0.217 e. The van der Waals surface area contributed by atoms with Crippen LogP contribution in [-0.4, -0.2) is 24.1 Å². The number of piperidine rings is 1. The highest BCUT2D eigenvalue weighted by Gasteiger charge is 2.22. The lowest BCUT2D eigenvalue weighted by Gasteiger charge is -2.33. The first-order chi connectivity index (χ1) is 9.10. The number of nitrogens with two attached hydrogens (primary N) is 1. The molecule has 0 bridgehead atoms. The fourth-order valence-corrected chi connectivity index (χ4v) is 2.89. The lowest BCUT2D eigenvalue weighted by Crippen LogP contribution is -2.35. The average molecular weight is 283 g/mol. The maximum absolute atomic E-state index is 10.9. The van der Waals surface area contributed by atoms with Crippen molar-refractivity contribution in [3.8, 4) is 0 Å². The number of benzene rings is 1. The third kappa shape index (κ3) is 3.61. The number of primary amides is 1. The molecule has 0 atom stereocenters. The predicted molar refractivity (Wildman–Crippen MR) is 76.1 cm³/mol. The number of nitrogens with zero attached hydrogens (tertiary/aromatic N) is 1. The zero-order valence-corrected chi connectivity index (χ0v) is 11.6. The molecule has 0 unspecified atom stereocenters. The summed E-state index contributed by atoms with van der Waals surface area (Å²) >= 11 is 6.24. The molecule has 0 spiro atoms. The summed E-state index contributed by atoms with van der Waals surface area (Å²) in [5.74, 6) is 0.174. The Balaban J connectivity index is 1.99. The summed E-state index contributed by atoms with van der Waals surface area (Å²) in [5.41, 5.74) is 7.04. The Hall–Kier alpha value is -1.26. The molecule has 0 radical (unpaired) electrons. The first-order valence-electron chi connectivity index (χ1n) is 6.52. The van der Waals surface area contributed by atoms with E-state index < -0.39 is 0 Å². The third-order valence-corrected chi connectivity index (χ3v) is 3.94. The first kappa shape index (κ1) is 14.2. The SMILES string of the molecule is NC(=O)CC1CCN(c2ccc(CO)cc2Cl)CC1. The fraction of sp³-hybridized carbons (Fsp3) is 0.500. The quantitative estimate of drug-likeness (QED) is 0.887. The van der Waals surface area contributed by atoms with Gasteiger partial charge in [0.1, 0.15) is 0 Å². The molecular formula is C14H19ClN2O2. The summed E-state index contributed by atoms with van der Waals surface area (Å²) in [6.07, 6.45) is 2.40. The molecule has 5 heteroatoms. The highest BCUT2D eigenvalue weighted by Crippen LogP contribution is 2.31. The summed E-state index contributed by atoms with van der Waals surface area (Å²) in [6.45, 7) is 1.77. The Morgan fingerprint density at radius 3 is 2.63 bits per heavy atom. The van der Waals surface area contributed by atoms with Crippen LogP contribution in [0.25, 0.3) is 0 Å². The van der Waals surface area contributed by atoms with Crippen molar-refractivity contribution in [2.75, 3.05) is 18.0 Å². The van der Waals surface area contributed by atoms with Crippen molar-refractivity contribution in [2.45, 2.75) is 25.9 Å². The Morgan fingerprint density at radius 1 is 1.42 bits per heavy atom. The molecule has 4 nitrogen and oxygen atoms in total. The van der Waals surface area contributed by atoms with Crippen molar-refractivity contribution in [2.24, 2.45) is 11.7 Å². The number of aliphatic hydroxyl groups is 1. The van der Waals surface area contributed by atoms with Gasteiger partial charge in [-0.15, -0.1) is 0 Å². The van der Waals surface area contributed by atoms with Gasteiger partial charge in [-0.25, -0.2) is 0 Å². The van der Waals surface area contributed by atoms with Crippen LogP contribution in [0.1, 0.15) is 24.8 Å². The number of amides is 1. The van der Waals surface area contributed by atoms with E-state index in [1.54, 1.807) is 6.07 Å². The number of rotatable bonds is 4. The monoisotopic (exact) mass is 282 g/mol. The van der Waals surface area contributed by atoms with Gasteiger partial charge in [-0.2, -0.15) is 0 Å². The van der Waals surface area contributed by atoms with Gasteiger partial charge >= 0.3 is 0 Å². The van der Waals surface area contributed by atoms with E-state index in [1.165, 1.54) is 0 Å². The molecule has 1 amide bonds. The Bertz CT molecular complexity index is 457. The van der Waals surface area contributed by atoms with Crippen LogP contribution in [0.4, 0.5) is 5.69 Å². The molecule has 1 saturated heterocycles. The Kier molecular flexibility index (Phi) is 4.66. The molecule has 0 saturated carbocycles. The van der Waals surface area contributed by atoms with Crippen LogP contribution < -0.4 is 10.6 Å². The minimum atomic E-state index is -0.219. The van der Waals surface area contributed by atoms with Crippen LogP contribution in [0, 0.1) is 5.92 Å². The standard InChI is InChI=1S/C14H19ClN2O2/c15-12-7-11(9-18)1-2-13(12)17-5-3-10(4-6-17)8-14(16)19/h1-2,7,10,18H,3-6,8-9H2,(H2,16,19). The van der Waals surface area contributed by atoms with Gasteiger partial charge in [-0.1, -0.05) is 17.7 Å². The first-order valence-corrected chi connectivity index (χ1v) is 6.90. The Morgan fingerprint density at radius 2 is 2.11 bits per heavy atom. The van der Waals surface area contributed by atoms with Gasteiger partial charge in [0.15, 0.2) is 0 Å². The maximum Gasteiger partial charge on any atom is 0.217 e. The van der Waals surface area contributed by atoms with Crippen molar-refractivity contribution in [1.29, 1.82) is 0 Å². The van der Waals surface area contributed by atoms with E-state index in [0.717, 1.165) is 37.2 Å². The molecule has 19 heavy (non-hydrogen) atoms. The Labute approximate surface area is 118 Å². The molecule has 1 aromatic carbocycles. The highest BCUT2D eigenvalue weighted by molar-refractivity contribution is 6.33. The molecule has 2 rings (SSSR count). The van der Waals surface area contributed by atoms with E-state index in [9.17, 15) is 4.79 Å². The summed E-state index contributed by atoms with van der Waals surface area (Å²) in [5, 5.41) is 9.73. The van der Waals surface area contributed by atoms with Gasteiger partial charge in [0.05, 0.1) is 17.3 Å². The van der Waals surface area contributed by atoms with Gasteiger partial charge in [0, 0.05) is 19.5 Å². The average Bonchev–Trinajstić information content (AvgIpc) is 2.39. The predicted octanol–water partition coefficient (Wildman–Crippen LogP) is 1.92. The van der Waals surface area contributed by atoms with Gasteiger partial charge in [-0.05, 0) is 36.5 Å². The molecule has 0 aromatic heterocycles. The number of hydrogen-bond acceptors (Lipinski definition) is 3. The zero-order chi connectivity index (χ0) is 13.8. The maximum atomic E-state index is 10.9.